The molecule has 4 heteroatoms. The van der Waals surface area contributed by atoms with Gasteiger partial charge in [-0.1, -0.05) is 13.3 Å². The molecule has 0 fully saturated rings. The number of hydrogen-bond acceptors (Lipinski definition) is 2. The van der Waals surface area contributed by atoms with E-state index in [1.54, 1.807) is 7.05 Å². The Morgan fingerprint density at radius 2 is 2.33 bits per heavy atom. The SMILES string of the molecule is CCCCN(C)C(=NC)NC#N. The van der Waals surface area contributed by atoms with Gasteiger partial charge in [0.2, 0.25) is 5.96 Å². The van der Waals surface area contributed by atoms with Crippen molar-refractivity contribution < 1.29 is 0 Å². The van der Waals surface area contributed by atoms with Crippen LogP contribution in [0.25, 0.3) is 0 Å². The summed E-state index contributed by atoms with van der Waals surface area (Å²) >= 11 is 0. The number of guanidine groups is 1. The minimum Gasteiger partial charge on any atom is -0.345 e. The van der Waals surface area contributed by atoms with Crippen LogP contribution in [0.15, 0.2) is 4.99 Å². The highest BCUT2D eigenvalue weighted by atomic mass is 15.3. The van der Waals surface area contributed by atoms with Crippen molar-refractivity contribution in [3.63, 3.8) is 0 Å². The number of nitrogens with one attached hydrogen (secondary N) is 1. The topological polar surface area (TPSA) is 51.4 Å². The summed E-state index contributed by atoms with van der Waals surface area (Å²) < 4.78 is 0. The molecule has 0 aliphatic heterocycles. The van der Waals surface area contributed by atoms with Crippen LogP contribution in [-0.4, -0.2) is 31.5 Å². The zero-order valence-corrected chi connectivity index (χ0v) is 7.96. The molecule has 0 aromatic heterocycles. The molecule has 0 saturated carbocycles. The predicted octanol–water partition coefficient (Wildman–Crippen LogP) is 0.775. The third-order valence-corrected chi connectivity index (χ3v) is 1.59. The van der Waals surface area contributed by atoms with Crippen molar-refractivity contribution >= 4 is 5.96 Å². The normalized spacial score (nSPS) is 10.7. The van der Waals surface area contributed by atoms with Crippen molar-refractivity contribution in [1.82, 2.24) is 10.2 Å². The molecule has 68 valence electrons. The lowest BCUT2D eigenvalue weighted by atomic mass is 10.3. The fourth-order valence-corrected chi connectivity index (χ4v) is 0.873. The van der Waals surface area contributed by atoms with Crippen LogP contribution < -0.4 is 5.32 Å². The molecule has 0 rings (SSSR count). The molecular weight excluding hydrogens is 152 g/mol. The van der Waals surface area contributed by atoms with Crippen LogP contribution in [0.5, 0.6) is 0 Å². The highest BCUT2D eigenvalue weighted by Gasteiger charge is 2.02. The summed E-state index contributed by atoms with van der Waals surface area (Å²) in [5.74, 6) is 0.631. The van der Waals surface area contributed by atoms with Gasteiger partial charge in [-0.25, -0.2) is 0 Å². The van der Waals surface area contributed by atoms with E-state index in [4.69, 9.17) is 5.26 Å². The van der Waals surface area contributed by atoms with E-state index in [1.165, 1.54) is 0 Å². The smallest absolute Gasteiger partial charge is 0.206 e. The van der Waals surface area contributed by atoms with Crippen molar-refractivity contribution in [2.75, 3.05) is 20.6 Å². The molecule has 0 aliphatic carbocycles. The van der Waals surface area contributed by atoms with Crippen LogP contribution in [0, 0.1) is 11.5 Å². The van der Waals surface area contributed by atoms with Gasteiger partial charge in [0.15, 0.2) is 6.19 Å². The third-order valence-electron chi connectivity index (χ3n) is 1.59. The van der Waals surface area contributed by atoms with Gasteiger partial charge in [-0.05, 0) is 6.42 Å². The monoisotopic (exact) mass is 168 g/mol. The van der Waals surface area contributed by atoms with Crippen LogP contribution in [0.2, 0.25) is 0 Å². The summed E-state index contributed by atoms with van der Waals surface area (Å²) in [6.45, 7) is 3.06. The first-order chi connectivity index (χ1) is 5.76. The maximum absolute atomic E-state index is 8.37. The van der Waals surface area contributed by atoms with Crippen molar-refractivity contribution in [2.45, 2.75) is 19.8 Å². The Kier molecular flexibility index (Phi) is 5.80. The standard InChI is InChI=1S/C8H16N4/c1-4-5-6-12(3)8(10-2)11-7-9/h4-6H2,1-3H3,(H,10,11). The molecule has 1 N–H and O–H groups in total. The van der Waals surface area contributed by atoms with E-state index < -0.39 is 0 Å². The lowest BCUT2D eigenvalue weighted by molar-refractivity contribution is 0.473. The molecule has 0 aromatic rings. The molecule has 4 nitrogen and oxygen atoms in total. The van der Waals surface area contributed by atoms with E-state index in [9.17, 15) is 0 Å². The van der Waals surface area contributed by atoms with Crippen LogP contribution in [0.3, 0.4) is 0 Å². The van der Waals surface area contributed by atoms with E-state index in [1.807, 2.05) is 18.1 Å². The number of hydrogen-bond donors (Lipinski definition) is 1. The second-order valence-electron chi connectivity index (χ2n) is 2.56. The predicted molar refractivity (Wildman–Crippen MR) is 49.6 cm³/mol. The highest BCUT2D eigenvalue weighted by molar-refractivity contribution is 5.80. The molecule has 0 radical (unpaired) electrons. The van der Waals surface area contributed by atoms with Crippen molar-refractivity contribution in [3.8, 4) is 6.19 Å². The summed E-state index contributed by atoms with van der Waals surface area (Å²) in [4.78, 5) is 5.88. The molecule has 0 aromatic carbocycles. The lowest BCUT2D eigenvalue weighted by Crippen LogP contribution is -2.36. The Morgan fingerprint density at radius 3 is 2.75 bits per heavy atom. The zero-order chi connectivity index (χ0) is 9.40. The molecule has 0 aliphatic rings. The fraction of sp³-hybridized carbons (Fsp3) is 0.750. The van der Waals surface area contributed by atoms with Gasteiger partial charge in [-0.2, -0.15) is 5.26 Å². The summed E-state index contributed by atoms with van der Waals surface area (Å²) in [5, 5.41) is 10.9. The van der Waals surface area contributed by atoms with Crippen molar-refractivity contribution in [2.24, 2.45) is 4.99 Å². The van der Waals surface area contributed by atoms with E-state index in [0.717, 1.165) is 19.4 Å². The Hall–Kier alpha value is -1.24. The number of nitriles is 1. The average molecular weight is 168 g/mol. The summed E-state index contributed by atoms with van der Waals surface area (Å²) in [5.41, 5.74) is 0. The van der Waals surface area contributed by atoms with Crippen LogP contribution in [-0.2, 0) is 0 Å². The zero-order valence-electron chi connectivity index (χ0n) is 7.96. The first-order valence-corrected chi connectivity index (χ1v) is 4.09. The minimum absolute atomic E-state index is 0.631. The largest absolute Gasteiger partial charge is 0.345 e. The molecule has 0 bridgehead atoms. The van der Waals surface area contributed by atoms with E-state index in [2.05, 4.69) is 17.2 Å². The minimum atomic E-state index is 0.631. The maximum Gasteiger partial charge on any atom is 0.206 e. The molecule has 0 saturated heterocycles. The lowest BCUT2D eigenvalue weighted by Gasteiger charge is -2.18. The van der Waals surface area contributed by atoms with Gasteiger partial charge in [0.1, 0.15) is 0 Å². The fourth-order valence-electron chi connectivity index (χ4n) is 0.873. The molecule has 0 heterocycles. The summed E-state index contributed by atoms with van der Waals surface area (Å²) in [7, 11) is 3.59. The van der Waals surface area contributed by atoms with Gasteiger partial charge in [0.05, 0.1) is 0 Å². The quantitative estimate of drug-likeness (QED) is 0.293. The Morgan fingerprint density at radius 1 is 1.67 bits per heavy atom. The first-order valence-electron chi connectivity index (χ1n) is 4.09. The van der Waals surface area contributed by atoms with Gasteiger partial charge < -0.3 is 4.90 Å². The molecule has 0 unspecified atom stereocenters. The second kappa shape index (κ2) is 6.47. The van der Waals surface area contributed by atoms with Crippen molar-refractivity contribution in [3.05, 3.63) is 0 Å². The Labute approximate surface area is 73.9 Å². The number of aliphatic imine (C=N–C) groups is 1. The summed E-state index contributed by atoms with van der Waals surface area (Å²) in [6, 6.07) is 0. The molecule has 0 atom stereocenters. The summed E-state index contributed by atoms with van der Waals surface area (Å²) in [6.07, 6.45) is 4.11. The van der Waals surface area contributed by atoms with E-state index in [-0.39, 0.29) is 0 Å². The second-order valence-corrected chi connectivity index (χ2v) is 2.56. The molecule has 0 spiro atoms. The maximum atomic E-state index is 8.37. The number of unbranched alkanes of at least 4 members (excludes halogenated alkanes) is 1. The average Bonchev–Trinajstić information content (AvgIpc) is 2.10. The number of nitrogens with zero attached hydrogens (tertiary/aromatic N) is 3. The van der Waals surface area contributed by atoms with Crippen LogP contribution >= 0.6 is 0 Å². The van der Waals surface area contributed by atoms with Crippen molar-refractivity contribution in [1.29, 1.82) is 5.26 Å². The molecular formula is C8H16N4. The number of rotatable bonds is 3. The van der Waals surface area contributed by atoms with Gasteiger partial charge in [0.25, 0.3) is 0 Å². The van der Waals surface area contributed by atoms with Gasteiger partial charge >= 0.3 is 0 Å². The first kappa shape index (κ1) is 10.8. The van der Waals surface area contributed by atoms with Gasteiger partial charge in [-0.3, -0.25) is 10.3 Å². The molecule has 0 amide bonds. The van der Waals surface area contributed by atoms with E-state index >= 15 is 0 Å². The Balaban J connectivity index is 3.88. The molecule has 12 heavy (non-hydrogen) atoms. The van der Waals surface area contributed by atoms with Crippen LogP contribution in [0.1, 0.15) is 19.8 Å². The van der Waals surface area contributed by atoms with Crippen LogP contribution in [0.4, 0.5) is 0 Å². The highest BCUT2D eigenvalue weighted by Crippen LogP contribution is 1.91. The Bertz CT molecular complexity index is 180. The van der Waals surface area contributed by atoms with Gasteiger partial charge in [0, 0.05) is 20.6 Å². The van der Waals surface area contributed by atoms with E-state index in [0.29, 0.717) is 5.96 Å². The van der Waals surface area contributed by atoms with Gasteiger partial charge in [-0.15, -0.1) is 0 Å². The third kappa shape index (κ3) is 3.81.